The minimum atomic E-state index is 0. The molecule has 7 rings (SSSR count). The summed E-state index contributed by atoms with van der Waals surface area (Å²) in [4.78, 5) is 15.4. The molecule has 2 aromatic carbocycles. The minimum absolute atomic E-state index is 0. The van der Waals surface area contributed by atoms with Crippen LogP contribution in [0.1, 0.15) is 63.5 Å². The van der Waals surface area contributed by atoms with E-state index in [0.29, 0.717) is 12.1 Å². The molecule has 5 aromatic rings. The van der Waals surface area contributed by atoms with Gasteiger partial charge in [-0.1, -0.05) is 56.0 Å². The second-order valence-corrected chi connectivity index (χ2v) is 9.87. The third-order valence-electron chi connectivity index (χ3n) is 7.78. The molecule has 0 N–H and O–H groups in total. The molecule has 0 saturated heterocycles. The average molecular weight is 605 g/mol. The van der Waals surface area contributed by atoms with Gasteiger partial charge in [-0.2, -0.15) is 0 Å². The van der Waals surface area contributed by atoms with E-state index < -0.39 is 0 Å². The number of benzene rings is 2. The van der Waals surface area contributed by atoms with Crippen LogP contribution in [0.25, 0.3) is 45.1 Å². The molecule has 1 radical (unpaired) electrons. The Kier molecular flexibility index (Phi) is 10.4. The third kappa shape index (κ3) is 5.24. The Morgan fingerprint density at radius 2 is 0.895 bits per heavy atom. The van der Waals surface area contributed by atoms with Gasteiger partial charge in [-0.3, -0.25) is 0 Å². The fourth-order valence-electron chi connectivity index (χ4n) is 6.20. The number of pyridine rings is 1. The van der Waals surface area contributed by atoms with Gasteiger partial charge < -0.3 is 46.4 Å². The maximum absolute atomic E-state index is 5.20. The van der Waals surface area contributed by atoms with Crippen molar-refractivity contribution >= 4 is 22.1 Å². The Bertz CT molecular complexity index is 1390. The van der Waals surface area contributed by atoms with Crippen LogP contribution in [-0.4, -0.2) is 24.1 Å². The molecule has 2 aliphatic carbocycles. The van der Waals surface area contributed by atoms with Gasteiger partial charge in [0.2, 0.25) is 0 Å². The van der Waals surface area contributed by atoms with E-state index in [9.17, 15) is 0 Å². The monoisotopic (exact) mass is 603 g/mol. The Morgan fingerprint density at radius 1 is 0.500 bits per heavy atom. The van der Waals surface area contributed by atoms with Crippen molar-refractivity contribution in [2.75, 3.05) is 0 Å². The van der Waals surface area contributed by atoms with E-state index in [2.05, 4.69) is 75.9 Å². The zero-order valence-corrected chi connectivity index (χ0v) is 24.6. The molecule has 0 amide bonds. The summed E-state index contributed by atoms with van der Waals surface area (Å²) < 4.78 is 4.91. The number of hydrogen-bond acceptors (Lipinski definition) is 3. The van der Waals surface area contributed by atoms with Crippen LogP contribution in [0.3, 0.4) is 0 Å². The first kappa shape index (κ1) is 30.5. The molecule has 0 bridgehead atoms. The Morgan fingerprint density at radius 3 is 1.32 bits per heavy atom. The summed E-state index contributed by atoms with van der Waals surface area (Å²) in [5.74, 6) is 1.97. The summed E-state index contributed by atoms with van der Waals surface area (Å²) in [7, 11) is 0. The molecule has 0 aliphatic heterocycles. The predicted molar refractivity (Wildman–Crippen MR) is 137 cm³/mol. The summed E-state index contributed by atoms with van der Waals surface area (Å²) in [6.45, 7) is 0. The van der Waals surface area contributed by atoms with E-state index in [0.717, 1.165) is 34.1 Å². The molecule has 2 saturated carbocycles. The molecular formula is C29H29Cl3N5V-3. The van der Waals surface area contributed by atoms with Gasteiger partial charge in [0.1, 0.15) is 11.4 Å². The van der Waals surface area contributed by atoms with Crippen LogP contribution in [0, 0.1) is 0 Å². The number of fused-ring (bicyclic) bond motifs is 2. The fraction of sp³-hybridized carbons (Fsp3) is 0.345. The van der Waals surface area contributed by atoms with Crippen molar-refractivity contribution in [1.29, 1.82) is 0 Å². The summed E-state index contributed by atoms with van der Waals surface area (Å²) in [5.41, 5.74) is 6.41. The second kappa shape index (κ2) is 12.9. The zero-order valence-electron chi connectivity index (χ0n) is 21.0. The maximum Gasteiger partial charge on any atom is 0.160 e. The van der Waals surface area contributed by atoms with E-state index in [4.69, 9.17) is 15.0 Å². The van der Waals surface area contributed by atoms with E-state index >= 15 is 0 Å². The zero-order chi connectivity index (χ0) is 22.5. The molecule has 199 valence electrons. The van der Waals surface area contributed by atoms with Gasteiger partial charge in [0.15, 0.2) is 11.6 Å². The minimum Gasteiger partial charge on any atom is -1.00 e. The van der Waals surface area contributed by atoms with Gasteiger partial charge in [0.25, 0.3) is 0 Å². The maximum atomic E-state index is 5.20. The SMILES string of the molecule is [Cl-].[Cl-].[Cl-].[V].c1cc(-c2nc3ccccc3n2C2CCCC2)nc(-c2nc3ccccc3n2C2CCCC2)c1. The Balaban J connectivity index is 0.000001000. The van der Waals surface area contributed by atoms with Crippen LogP contribution in [0.5, 0.6) is 0 Å². The third-order valence-corrected chi connectivity index (χ3v) is 7.78. The van der Waals surface area contributed by atoms with Crippen LogP contribution >= 0.6 is 0 Å². The number of aromatic nitrogens is 5. The van der Waals surface area contributed by atoms with Crippen LogP contribution < -0.4 is 37.2 Å². The molecule has 9 heteroatoms. The van der Waals surface area contributed by atoms with Crippen LogP contribution in [0.4, 0.5) is 0 Å². The average Bonchev–Trinajstić information content (AvgIpc) is 3.68. The van der Waals surface area contributed by atoms with Gasteiger partial charge in [-0.15, -0.1) is 0 Å². The number of hydrogen-bond donors (Lipinski definition) is 0. The molecule has 38 heavy (non-hydrogen) atoms. The largest absolute Gasteiger partial charge is 1.00 e. The molecular weight excluding hydrogens is 576 g/mol. The normalized spacial score (nSPS) is 15.6. The molecule has 0 spiro atoms. The molecule has 0 unspecified atom stereocenters. The van der Waals surface area contributed by atoms with Crippen LogP contribution in [0.15, 0.2) is 66.7 Å². The van der Waals surface area contributed by atoms with Crippen LogP contribution in [-0.2, 0) is 18.6 Å². The van der Waals surface area contributed by atoms with Crippen LogP contribution in [0.2, 0.25) is 0 Å². The van der Waals surface area contributed by atoms with E-state index in [1.165, 1.54) is 62.4 Å². The molecule has 2 aliphatic rings. The summed E-state index contributed by atoms with van der Waals surface area (Å²) in [5, 5.41) is 0. The molecule has 3 heterocycles. The van der Waals surface area contributed by atoms with E-state index in [1.54, 1.807) is 0 Å². The topological polar surface area (TPSA) is 48.5 Å². The smallest absolute Gasteiger partial charge is 0.160 e. The van der Waals surface area contributed by atoms with Crippen molar-refractivity contribution in [3.8, 4) is 23.0 Å². The van der Waals surface area contributed by atoms with Crippen molar-refractivity contribution in [2.24, 2.45) is 0 Å². The number of rotatable bonds is 4. The van der Waals surface area contributed by atoms with Gasteiger partial charge in [-0.25, -0.2) is 15.0 Å². The Labute approximate surface area is 254 Å². The summed E-state index contributed by atoms with van der Waals surface area (Å²) in [6.07, 6.45) is 10.0. The van der Waals surface area contributed by atoms with Gasteiger partial charge in [0, 0.05) is 30.6 Å². The molecule has 3 aromatic heterocycles. The number of halogens is 3. The van der Waals surface area contributed by atoms with Crippen molar-refractivity contribution in [2.45, 2.75) is 63.5 Å². The van der Waals surface area contributed by atoms with Crippen molar-refractivity contribution in [3.63, 3.8) is 0 Å². The van der Waals surface area contributed by atoms with Crippen molar-refractivity contribution in [1.82, 2.24) is 24.1 Å². The first-order valence-corrected chi connectivity index (χ1v) is 12.8. The van der Waals surface area contributed by atoms with E-state index in [1.807, 2.05) is 0 Å². The van der Waals surface area contributed by atoms with Gasteiger partial charge >= 0.3 is 0 Å². The summed E-state index contributed by atoms with van der Waals surface area (Å²) in [6, 6.07) is 24.4. The van der Waals surface area contributed by atoms with Gasteiger partial charge in [-0.05, 0) is 62.1 Å². The quantitative estimate of drug-likeness (QED) is 0.247. The number of imidazole rings is 2. The summed E-state index contributed by atoms with van der Waals surface area (Å²) >= 11 is 0. The second-order valence-electron chi connectivity index (χ2n) is 9.87. The molecule has 2 fully saturated rings. The number of nitrogens with zero attached hydrogens (tertiary/aromatic N) is 5. The van der Waals surface area contributed by atoms with Gasteiger partial charge in [0.05, 0.1) is 22.1 Å². The van der Waals surface area contributed by atoms with E-state index in [-0.39, 0.29) is 55.8 Å². The first-order chi connectivity index (χ1) is 16.9. The van der Waals surface area contributed by atoms with Crippen molar-refractivity contribution < 1.29 is 55.8 Å². The number of para-hydroxylation sites is 4. The van der Waals surface area contributed by atoms with Crippen molar-refractivity contribution in [3.05, 3.63) is 66.7 Å². The predicted octanol–water partition coefficient (Wildman–Crippen LogP) is -1.65. The standard InChI is InChI=1S/C29H29N5.3ClH.V/c1-2-11-20(10-1)33-26-18-7-5-14-22(26)31-28(33)24-16-9-17-25(30-24)29-32-23-15-6-8-19-27(23)34(29)21-12-3-4-13-21;;;;/h5-9,14-21H,1-4,10-13H2;3*1H;/p-3. The first-order valence-electron chi connectivity index (χ1n) is 12.8. The molecule has 5 nitrogen and oxygen atoms in total. The molecule has 0 atom stereocenters. The Hall–Kier alpha value is -2.02. The fourth-order valence-corrected chi connectivity index (χ4v) is 6.20.